The van der Waals surface area contributed by atoms with Gasteiger partial charge in [-0.3, -0.25) is 0 Å². The van der Waals surface area contributed by atoms with Crippen LogP contribution in [0, 0.1) is 26.8 Å². The van der Waals surface area contributed by atoms with Crippen LogP contribution in [0.2, 0.25) is 0 Å². The molecule has 0 fully saturated rings. The molecule has 0 bridgehead atoms. The van der Waals surface area contributed by atoms with Crippen molar-refractivity contribution in [1.29, 1.82) is 0 Å². The maximum absolute atomic E-state index is 9.17. The summed E-state index contributed by atoms with van der Waals surface area (Å²) < 4.78 is 0. The Labute approximate surface area is 92.7 Å². The third kappa shape index (κ3) is 2.28. The molecular weight excluding hydrogens is 213 g/mol. The quantitative estimate of drug-likeness (QED) is 0.669. The first-order valence-electron chi connectivity index (χ1n) is 3.30. The van der Waals surface area contributed by atoms with E-state index >= 15 is 0 Å². The number of hydrogen-bond acceptors (Lipinski definition) is 1. The van der Waals surface area contributed by atoms with Gasteiger partial charge in [-0.25, -0.2) is 0 Å². The smallest absolute Gasteiger partial charge is 0.00710 e. The van der Waals surface area contributed by atoms with Crippen LogP contribution < -0.4 is 0 Å². The summed E-state index contributed by atoms with van der Waals surface area (Å²) in [6, 6.07) is 4.57. The molecule has 0 aliphatic carbocycles. The largest absolute Gasteiger partial charge is 0.534 e. The van der Waals surface area contributed by atoms with Gasteiger partial charge in [-0.1, -0.05) is 20.8 Å². The van der Waals surface area contributed by atoms with Crippen LogP contribution in [0.25, 0.3) is 0 Å². The van der Waals surface area contributed by atoms with Gasteiger partial charge in [0.1, 0.15) is 0 Å². The summed E-state index contributed by atoms with van der Waals surface area (Å²) in [5, 5.41) is 9.17. The molecule has 1 rings (SSSR count). The van der Waals surface area contributed by atoms with Crippen molar-refractivity contribution in [2.45, 2.75) is 20.8 Å². The van der Waals surface area contributed by atoms with Crippen molar-refractivity contribution in [3.05, 3.63) is 28.8 Å². The topological polar surface area (TPSA) is 20.2 Å². The first kappa shape index (κ1) is 11.1. The van der Waals surface area contributed by atoms with E-state index in [4.69, 9.17) is 5.11 Å². The van der Waals surface area contributed by atoms with Gasteiger partial charge in [0, 0.05) is 38.5 Å². The maximum Gasteiger partial charge on any atom is 0.00710 e. The molecule has 0 saturated carbocycles. The fourth-order valence-corrected chi connectivity index (χ4v) is 0.866. The maximum atomic E-state index is 9.17. The van der Waals surface area contributed by atoms with E-state index in [0.29, 0.717) is 0 Å². The molecule has 1 N–H and O–H groups in total. The second-order valence-corrected chi connectivity index (χ2v) is 2.57. The van der Waals surface area contributed by atoms with Gasteiger partial charge >= 0.3 is 0 Å². The minimum atomic E-state index is 0. The Balaban J connectivity index is 0.000001000. The summed E-state index contributed by atoms with van der Waals surface area (Å²) in [5.74, 6) is 0.267. The van der Waals surface area contributed by atoms with Crippen molar-refractivity contribution in [2.24, 2.45) is 0 Å². The van der Waals surface area contributed by atoms with Gasteiger partial charge in [0.05, 0.1) is 0 Å². The normalized spacial score (nSPS) is 9.00. The van der Waals surface area contributed by atoms with E-state index < -0.39 is 0 Å². The average molecular weight is 224 g/mol. The van der Waals surface area contributed by atoms with Crippen molar-refractivity contribution in [2.75, 3.05) is 0 Å². The van der Waals surface area contributed by atoms with Gasteiger partial charge in [0.15, 0.2) is 0 Å². The number of aryl methyl sites for hydroxylation is 1. The zero-order valence-electron chi connectivity index (χ0n) is 7.10. The molecular formula is C9H11OY-. The fraction of sp³-hybridized carbons (Fsp3) is 0.333. The number of aromatic hydroxyl groups is 1. The fourth-order valence-electron chi connectivity index (χ4n) is 0.866. The van der Waals surface area contributed by atoms with Crippen molar-refractivity contribution < 1.29 is 37.8 Å². The van der Waals surface area contributed by atoms with E-state index in [0.717, 1.165) is 11.1 Å². The SMILES string of the molecule is Cc1c[c-]c(O)c(C)c1C.[Y]. The van der Waals surface area contributed by atoms with Gasteiger partial charge in [-0.15, -0.1) is 11.6 Å². The van der Waals surface area contributed by atoms with Gasteiger partial charge < -0.3 is 5.11 Å². The predicted molar refractivity (Wildman–Crippen MR) is 41.2 cm³/mol. The van der Waals surface area contributed by atoms with E-state index in [-0.39, 0.29) is 38.5 Å². The molecule has 1 radical (unpaired) electrons. The first-order chi connectivity index (χ1) is 4.63. The molecule has 11 heavy (non-hydrogen) atoms. The predicted octanol–water partition coefficient (Wildman–Crippen LogP) is 2.12. The number of benzene rings is 1. The Kier molecular flexibility index (Phi) is 4.27. The second-order valence-electron chi connectivity index (χ2n) is 2.57. The minimum absolute atomic E-state index is 0. The van der Waals surface area contributed by atoms with Crippen molar-refractivity contribution in [3.63, 3.8) is 0 Å². The number of phenolic OH excluding ortho intramolecular Hbond substituents is 1. The Morgan fingerprint density at radius 2 is 1.73 bits per heavy atom. The Morgan fingerprint density at radius 1 is 1.18 bits per heavy atom. The molecule has 57 valence electrons. The molecule has 0 saturated heterocycles. The molecule has 0 spiro atoms. The second kappa shape index (κ2) is 4.22. The molecule has 1 nitrogen and oxygen atoms in total. The Hall–Kier alpha value is 0.124. The summed E-state index contributed by atoms with van der Waals surface area (Å²) in [6.07, 6.45) is 0. The van der Waals surface area contributed by atoms with E-state index in [9.17, 15) is 0 Å². The van der Waals surface area contributed by atoms with Gasteiger partial charge in [0.2, 0.25) is 0 Å². The van der Waals surface area contributed by atoms with Crippen LogP contribution in [-0.2, 0) is 32.7 Å². The van der Waals surface area contributed by atoms with Gasteiger partial charge in [-0.2, -0.15) is 17.2 Å². The molecule has 0 aliphatic rings. The van der Waals surface area contributed by atoms with Crippen LogP contribution in [0.5, 0.6) is 5.75 Å². The summed E-state index contributed by atoms with van der Waals surface area (Å²) in [5.41, 5.74) is 3.26. The minimum Gasteiger partial charge on any atom is -0.534 e. The Morgan fingerprint density at radius 3 is 2.18 bits per heavy atom. The molecule has 2 heteroatoms. The molecule has 0 heterocycles. The van der Waals surface area contributed by atoms with Gasteiger partial charge in [-0.05, 0) is 0 Å². The van der Waals surface area contributed by atoms with Crippen LogP contribution in [0.1, 0.15) is 16.7 Å². The third-order valence-electron chi connectivity index (χ3n) is 1.93. The van der Waals surface area contributed by atoms with E-state index in [1.54, 1.807) is 6.07 Å². The van der Waals surface area contributed by atoms with Crippen molar-refractivity contribution >= 4 is 0 Å². The number of hydrogen-bond donors (Lipinski definition) is 1. The van der Waals surface area contributed by atoms with Crippen LogP contribution in [0.4, 0.5) is 0 Å². The molecule has 0 atom stereocenters. The zero-order chi connectivity index (χ0) is 7.72. The third-order valence-corrected chi connectivity index (χ3v) is 1.93. The summed E-state index contributed by atoms with van der Waals surface area (Å²) in [4.78, 5) is 0. The molecule has 0 unspecified atom stereocenters. The van der Waals surface area contributed by atoms with E-state index in [2.05, 4.69) is 6.07 Å². The summed E-state index contributed by atoms with van der Waals surface area (Å²) in [6.45, 7) is 5.91. The van der Waals surface area contributed by atoms with Crippen molar-refractivity contribution in [3.8, 4) is 5.75 Å². The van der Waals surface area contributed by atoms with E-state index in [1.165, 1.54) is 5.56 Å². The Bertz CT molecular complexity index is 229. The molecule has 1 aromatic carbocycles. The summed E-state index contributed by atoms with van der Waals surface area (Å²) >= 11 is 0. The monoisotopic (exact) mass is 224 g/mol. The van der Waals surface area contributed by atoms with E-state index in [1.807, 2.05) is 20.8 Å². The molecule has 1 aromatic rings. The van der Waals surface area contributed by atoms with Crippen molar-refractivity contribution in [1.82, 2.24) is 0 Å². The zero-order valence-corrected chi connectivity index (χ0v) is 9.94. The number of phenols is 1. The van der Waals surface area contributed by atoms with Crippen LogP contribution in [-0.4, -0.2) is 5.11 Å². The van der Waals surface area contributed by atoms with Gasteiger partial charge in [0.25, 0.3) is 0 Å². The standard InChI is InChI=1S/C9H11O.Y/c1-6-4-5-9(10)8(3)7(6)2;/h4,10H,1-3H3;/q-1;. The van der Waals surface area contributed by atoms with Crippen LogP contribution >= 0.6 is 0 Å². The summed E-state index contributed by atoms with van der Waals surface area (Å²) in [7, 11) is 0. The average Bonchev–Trinajstić information content (AvgIpc) is 1.93. The van der Waals surface area contributed by atoms with Crippen LogP contribution in [0.15, 0.2) is 6.07 Å². The first-order valence-corrected chi connectivity index (χ1v) is 3.30. The molecule has 0 aromatic heterocycles. The molecule has 0 amide bonds. The van der Waals surface area contributed by atoms with Crippen LogP contribution in [0.3, 0.4) is 0 Å². The number of rotatable bonds is 0. The molecule has 0 aliphatic heterocycles.